The van der Waals surface area contributed by atoms with Crippen LogP contribution in [-0.4, -0.2) is 60.4 Å². The summed E-state index contributed by atoms with van der Waals surface area (Å²) < 4.78 is 5.48. The standard InChI is InChI=1S/C25H27N3O3S/c1-3-16-31-22-10-6-20(7-11-22)17-23-24(29)28(25(30)32-23)18-26-12-14-27(15-13-26)21-8-4-19(2)5-9-21/h3-11,17H,1,12-16,18H2,2H3/b23-17+. The van der Waals surface area contributed by atoms with Gasteiger partial charge in [0.2, 0.25) is 0 Å². The van der Waals surface area contributed by atoms with Gasteiger partial charge in [0, 0.05) is 31.9 Å². The zero-order valence-electron chi connectivity index (χ0n) is 18.2. The molecule has 0 atom stereocenters. The van der Waals surface area contributed by atoms with Crippen molar-refractivity contribution in [3.05, 3.63) is 77.2 Å². The number of anilines is 1. The van der Waals surface area contributed by atoms with Gasteiger partial charge in [0.1, 0.15) is 12.4 Å². The number of amides is 2. The molecule has 2 aliphatic rings. The van der Waals surface area contributed by atoms with E-state index in [4.69, 9.17) is 4.74 Å². The zero-order valence-corrected chi connectivity index (χ0v) is 19.0. The van der Waals surface area contributed by atoms with E-state index in [1.165, 1.54) is 16.2 Å². The Kier molecular flexibility index (Phi) is 6.97. The highest BCUT2D eigenvalue weighted by molar-refractivity contribution is 8.18. The highest BCUT2D eigenvalue weighted by atomic mass is 32.2. The number of hydrogen-bond donors (Lipinski definition) is 0. The van der Waals surface area contributed by atoms with Crippen molar-refractivity contribution in [3.8, 4) is 5.75 Å². The number of ether oxygens (including phenoxy) is 1. The Morgan fingerprint density at radius 2 is 1.69 bits per heavy atom. The van der Waals surface area contributed by atoms with Crippen molar-refractivity contribution in [3.63, 3.8) is 0 Å². The summed E-state index contributed by atoms with van der Waals surface area (Å²) in [7, 11) is 0. The first-order valence-electron chi connectivity index (χ1n) is 10.7. The van der Waals surface area contributed by atoms with Gasteiger partial charge in [0.15, 0.2) is 0 Å². The van der Waals surface area contributed by atoms with Crippen LogP contribution in [-0.2, 0) is 4.79 Å². The summed E-state index contributed by atoms with van der Waals surface area (Å²) in [4.78, 5) is 31.7. The van der Waals surface area contributed by atoms with Gasteiger partial charge in [-0.2, -0.15) is 0 Å². The number of piperazine rings is 1. The number of thioether (sulfide) groups is 1. The lowest BCUT2D eigenvalue weighted by Gasteiger charge is -2.37. The Bertz CT molecular complexity index is 1010. The van der Waals surface area contributed by atoms with Gasteiger partial charge >= 0.3 is 0 Å². The molecule has 4 rings (SSSR count). The summed E-state index contributed by atoms with van der Waals surface area (Å²) >= 11 is 0.999. The van der Waals surface area contributed by atoms with Crippen LogP contribution in [0.25, 0.3) is 6.08 Å². The maximum Gasteiger partial charge on any atom is 0.294 e. The van der Waals surface area contributed by atoms with E-state index < -0.39 is 0 Å². The minimum Gasteiger partial charge on any atom is -0.490 e. The molecule has 0 spiro atoms. The van der Waals surface area contributed by atoms with Gasteiger partial charge in [-0.25, -0.2) is 0 Å². The summed E-state index contributed by atoms with van der Waals surface area (Å²) in [6, 6.07) is 16.0. The molecular weight excluding hydrogens is 422 g/mol. The van der Waals surface area contributed by atoms with Crippen LogP contribution in [0.4, 0.5) is 10.5 Å². The van der Waals surface area contributed by atoms with E-state index >= 15 is 0 Å². The summed E-state index contributed by atoms with van der Waals surface area (Å²) in [5.74, 6) is 0.507. The molecule has 7 heteroatoms. The van der Waals surface area contributed by atoms with Gasteiger partial charge in [-0.15, -0.1) is 0 Å². The molecule has 0 N–H and O–H groups in total. The van der Waals surface area contributed by atoms with E-state index in [0.717, 1.165) is 49.3 Å². The number of carbonyl (C=O) groups is 2. The zero-order chi connectivity index (χ0) is 22.5. The number of hydrogen-bond acceptors (Lipinski definition) is 6. The number of nitrogens with zero attached hydrogens (tertiary/aromatic N) is 3. The van der Waals surface area contributed by atoms with E-state index in [9.17, 15) is 9.59 Å². The predicted octanol–water partition coefficient (Wildman–Crippen LogP) is 4.38. The van der Waals surface area contributed by atoms with Crippen molar-refractivity contribution in [2.24, 2.45) is 0 Å². The maximum atomic E-state index is 12.9. The van der Waals surface area contributed by atoms with E-state index in [0.29, 0.717) is 18.2 Å². The molecule has 6 nitrogen and oxygen atoms in total. The fourth-order valence-corrected chi connectivity index (χ4v) is 4.52. The summed E-state index contributed by atoms with van der Waals surface area (Å²) in [6.45, 7) is 9.84. The van der Waals surface area contributed by atoms with Crippen molar-refractivity contribution in [2.75, 3.05) is 44.4 Å². The Balaban J connectivity index is 1.33. The van der Waals surface area contributed by atoms with Crippen LogP contribution < -0.4 is 9.64 Å². The topological polar surface area (TPSA) is 53.1 Å². The van der Waals surface area contributed by atoms with Crippen LogP contribution in [0.15, 0.2) is 66.1 Å². The smallest absolute Gasteiger partial charge is 0.294 e. The summed E-state index contributed by atoms with van der Waals surface area (Å²) in [5, 5.41) is -0.215. The van der Waals surface area contributed by atoms with Crippen molar-refractivity contribution < 1.29 is 14.3 Å². The lowest BCUT2D eigenvalue weighted by molar-refractivity contribution is -0.124. The lowest BCUT2D eigenvalue weighted by atomic mass is 10.2. The van der Waals surface area contributed by atoms with Crippen LogP contribution in [0.2, 0.25) is 0 Å². The second kappa shape index (κ2) is 10.1. The largest absolute Gasteiger partial charge is 0.490 e. The lowest BCUT2D eigenvalue weighted by Crippen LogP contribution is -2.50. The van der Waals surface area contributed by atoms with Gasteiger partial charge in [-0.1, -0.05) is 42.5 Å². The molecule has 2 fully saturated rings. The van der Waals surface area contributed by atoms with Crippen LogP contribution >= 0.6 is 11.8 Å². The highest BCUT2D eigenvalue weighted by Crippen LogP contribution is 2.32. The third-order valence-electron chi connectivity index (χ3n) is 5.53. The average Bonchev–Trinajstić information content (AvgIpc) is 3.07. The molecule has 2 aromatic carbocycles. The first kappa shape index (κ1) is 22.2. The molecule has 2 aliphatic heterocycles. The fourth-order valence-electron chi connectivity index (χ4n) is 3.69. The molecule has 0 radical (unpaired) electrons. The van der Waals surface area contributed by atoms with Gasteiger partial charge in [0.25, 0.3) is 11.1 Å². The van der Waals surface area contributed by atoms with Crippen molar-refractivity contribution in [1.82, 2.24) is 9.80 Å². The molecule has 2 saturated heterocycles. The summed E-state index contributed by atoms with van der Waals surface area (Å²) in [6.07, 6.45) is 3.45. The van der Waals surface area contributed by atoms with Crippen LogP contribution in [0.3, 0.4) is 0 Å². The molecule has 0 saturated carbocycles. The van der Waals surface area contributed by atoms with Gasteiger partial charge in [-0.05, 0) is 54.6 Å². The number of rotatable bonds is 7. The highest BCUT2D eigenvalue weighted by Gasteiger charge is 2.36. The quantitative estimate of drug-likeness (QED) is 0.462. The predicted molar refractivity (Wildman–Crippen MR) is 130 cm³/mol. The maximum absolute atomic E-state index is 12.9. The Labute approximate surface area is 193 Å². The SMILES string of the molecule is C=CCOc1ccc(/C=C2/SC(=O)N(CN3CCN(c4ccc(C)cc4)CC3)C2=O)cc1. The number of benzene rings is 2. The van der Waals surface area contributed by atoms with Gasteiger partial charge in [-0.3, -0.25) is 19.4 Å². The minimum atomic E-state index is -0.229. The van der Waals surface area contributed by atoms with E-state index in [2.05, 4.69) is 47.6 Å². The van der Waals surface area contributed by atoms with Gasteiger partial charge < -0.3 is 9.64 Å². The van der Waals surface area contributed by atoms with E-state index in [-0.39, 0.29) is 11.1 Å². The third kappa shape index (κ3) is 5.23. The minimum absolute atomic E-state index is 0.215. The molecule has 2 heterocycles. The van der Waals surface area contributed by atoms with Crippen molar-refractivity contribution in [2.45, 2.75) is 6.92 Å². The Morgan fingerprint density at radius 1 is 1.00 bits per heavy atom. The third-order valence-corrected chi connectivity index (χ3v) is 6.44. The van der Waals surface area contributed by atoms with Crippen LogP contribution in [0.1, 0.15) is 11.1 Å². The van der Waals surface area contributed by atoms with Crippen LogP contribution in [0.5, 0.6) is 5.75 Å². The molecule has 2 aromatic rings. The Hall–Kier alpha value is -3.03. The molecule has 166 valence electrons. The monoisotopic (exact) mass is 449 g/mol. The fraction of sp³-hybridized carbons (Fsp3) is 0.280. The van der Waals surface area contributed by atoms with Gasteiger partial charge in [0.05, 0.1) is 11.6 Å². The van der Waals surface area contributed by atoms with Crippen molar-refractivity contribution in [1.29, 1.82) is 0 Å². The second-order valence-corrected chi connectivity index (χ2v) is 8.85. The number of carbonyl (C=O) groups excluding carboxylic acids is 2. The molecule has 32 heavy (non-hydrogen) atoms. The second-order valence-electron chi connectivity index (χ2n) is 7.86. The molecule has 2 amide bonds. The van der Waals surface area contributed by atoms with E-state index in [1.807, 2.05) is 24.3 Å². The summed E-state index contributed by atoms with van der Waals surface area (Å²) in [5.41, 5.74) is 3.32. The average molecular weight is 450 g/mol. The molecule has 0 aliphatic carbocycles. The molecule has 0 bridgehead atoms. The van der Waals surface area contributed by atoms with Crippen molar-refractivity contribution >= 4 is 34.7 Å². The Morgan fingerprint density at radius 3 is 2.34 bits per heavy atom. The van der Waals surface area contributed by atoms with E-state index in [1.54, 1.807) is 12.2 Å². The normalized spacial score (nSPS) is 18.5. The molecular formula is C25H27N3O3S. The first-order valence-corrected chi connectivity index (χ1v) is 11.5. The number of imide groups is 1. The first-order chi connectivity index (χ1) is 15.5. The molecule has 0 unspecified atom stereocenters. The van der Waals surface area contributed by atoms with Crippen LogP contribution in [0, 0.1) is 6.92 Å². The number of aryl methyl sites for hydroxylation is 1. The molecule has 0 aromatic heterocycles.